The molecule has 1 fully saturated rings. The number of halogens is 1. The Balaban J connectivity index is 1.67. The van der Waals surface area contributed by atoms with Gasteiger partial charge in [0.1, 0.15) is 11.9 Å². The van der Waals surface area contributed by atoms with E-state index in [9.17, 15) is 9.59 Å². The highest BCUT2D eigenvalue weighted by Crippen LogP contribution is 2.21. The highest BCUT2D eigenvalue weighted by molar-refractivity contribution is 6.30. The van der Waals surface area contributed by atoms with E-state index in [1.807, 2.05) is 16.8 Å². The molecule has 1 unspecified atom stereocenters. The largest absolute Gasteiger partial charge is 0.347 e. The number of carbonyl (C=O) groups is 1. The van der Waals surface area contributed by atoms with Crippen LogP contribution >= 0.6 is 11.6 Å². The van der Waals surface area contributed by atoms with Crippen LogP contribution in [0.1, 0.15) is 30.3 Å². The van der Waals surface area contributed by atoms with Crippen molar-refractivity contribution in [2.24, 2.45) is 0 Å². The Morgan fingerprint density at radius 3 is 2.81 bits per heavy atom. The summed E-state index contributed by atoms with van der Waals surface area (Å²) in [6.07, 6.45) is 5.26. The number of carbonyl (C=O) groups excluding carboxylic acids is 1. The molecular weight excluding hydrogens is 356 g/mol. The number of rotatable bonds is 3. The molecule has 2 aliphatic rings. The zero-order valence-electron chi connectivity index (χ0n) is 14.6. The minimum Gasteiger partial charge on any atom is -0.341 e. The monoisotopic (exact) mass is 376 g/mol. The SMILES string of the molecule is CN1Cc2nn(Cc3cncc(Cl)c3)c(=O)n2C(C(=O)N2CCCC2)C1. The summed E-state index contributed by atoms with van der Waals surface area (Å²) in [6.45, 7) is 2.88. The summed E-state index contributed by atoms with van der Waals surface area (Å²) in [6, 6.07) is 1.25. The first-order valence-corrected chi connectivity index (χ1v) is 9.15. The summed E-state index contributed by atoms with van der Waals surface area (Å²) in [5.41, 5.74) is 0.538. The summed E-state index contributed by atoms with van der Waals surface area (Å²) in [5, 5.41) is 4.98. The molecule has 2 aromatic rings. The van der Waals surface area contributed by atoms with Crippen molar-refractivity contribution in [2.45, 2.75) is 32.0 Å². The van der Waals surface area contributed by atoms with E-state index in [1.165, 1.54) is 4.68 Å². The van der Waals surface area contributed by atoms with Gasteiger partial charge in [0.05, 0.1) is 18.1 Å². The van der Waals surface area contributed by atoms with Crippen LogP contribution in [0.3, 0.4) is 0 Å². The molecule has 1 atom stereocenters. The van der Waals surface area contributed by atoms with Gasteiger partial charge in [-0.05, 0) is 31.5 Å². The second-order valence-electron chi connectivity index (χ2n) is 6.98. The Kier molecular flexibility index (Phi) is 4.54. The van der Waals surface area contributed by atoms with Crippen LogP contribution in [-0.2, 0) is 17.9 Å². The van der Waals surface area contributed by atoms with Gasteiger partial charge >= 0.3 is 5.69 Å². The van der Waals surface area contributed by atoms with Crippen LogP contribution in [0.25, 0.3) is 0 Å². The Hall–Kier alpha value is -2.19. The number of nitrogens with zero attached hydrogens (tertiary/aromatic N) is 6. The van der Waals surface area contributed by atoms with Crippen LogP contribution in [0.4, 0.5) is 0 Å². The fourth-order valence-electron chi connectivity index (χ4n) is 3.72. The molecule has 2 aliphatic heterocycles. The molecule has 1 saturated heterocycles. The molecule has 8 nitrogen and oxygen atoms in total. The van der Waals surface area contributed by atoms with Crippen LogP contribution in [-0.4, -0.2) is 61.7 Å². The van der Waals surface area contributed by atoms with Gasteiger partial charge < -0.3 is 4.90 Å². The summed E-state index contributed by atoms with van der Waals surface area (Å²) in [5.74, 6) is 0.637. The fourth-order valence-corrected chi connectivity index (χ4v) is 3.92. The first kappa shape index (κ1) is 17.2. The molecule has 0 saturated carbocycles. The van der Waals surface area contributed by atoms with Crippen LogP contribution in [0.2, 0.25) is 5.02 Å². The number of amides is 1. The lowest BCUT2D eigenvalue weighted by molar-refractivity contribution is -0.135. The molecule has 4 rings (SSSR count). The van der Waals surface area contributed by atoms with Crippen molar-refractivity contribution in [3.63, 3.8) is 0 Å². The van der Waals surface area contributed by atoms with E-state index >= 15 is 0 Å². The number of hydrogen-bond donors (Lipinski definition) is 0. The smallest absolute Gasteiger partial charge is 0.341 e. The predicted octanol–water partition coefficient (Wildman–Crippen LogP) is 0.750. The molecule has 2 aromatic heterocycles. The Bertz CT molecular complexity index is 886. The third kappa shape index (κ3) is 3.14. The second kappa shape index (κ2) is 6.85. The van der Waals surface area contributed by atoms with E-state index in [2.05, 4.69) is 10.1 Å². The Morgan fingerprint density at radius 2 is 2.08 bits per heavy atom. The molecular formula is C17H21ClN6O2. The Morgan fingerprint density at radius 1 is 1.31 bits per heavy atom. The molecule has 0 aromatic carbocycles. The average molecular weight is 377 g/mol. The van der Waals surface area contributed by atoms with Crippen molar-refractivity contribution in [1.82, 2.24) is 29.1 Å². The summed E-state index contributed by atoms with van der Waals surface area (Å²) in [7, 11) is 1.94. The third-order valence-electron chi connectivity index (χ3n) is 4.95. The molecule has 138 valence electrons. The standard InChI is InChI=1S/C17H21ClN6O2/c1-21-10-14(16(25)22-4-2-3-5-22)24-15(11-21)20-23(17(24)26)9-12-6-13(18)8-19-7-12/h6-8,14H,2-5,9-11H2,1H3. The van der Waals surface area contributed by atoms with E-state index in [4.69, 9.17) is 11.6 Å². The van der Waals surface area contributed by atoms with Crippen LogP contribution in [0, 0.1) is 0 Å². The maximum absolute atomic E-state index is 13.0. The highest BCUT2D eigenvalue weighted by Gasteiger charge is 2.36. The summed E-state index contributed by atoms with van der Waals surface area (Å²) in [4.78, 5) is 33.8. The molecule has 0 N–H and O–H groups in total. The lowest BCUT2D eigenvalue weighted by atomic mass is 10.2. The van der Waals surface area contributed by atoms with E-state index in [0.29, 0.717) is 23.9 Å². The molecule has 4 heterocycles. The van der Waals surface area contributed by atoms with E-state index in [0.717, 1.165) is 31.5 Å². The number of hydrogen-bond acceptors (Lipinski definition) is 5. The Labute approximate surface area is 156 Å². The van der Waals surface area contributed by atoms with Crippen molar-refractivity contribution in [2.75, 3.05) is 26.7 Å². The zero-order chi connectivity index (χ0) is 18.3. The molecule has 0 radical (unpaired) electrons. The lowest BCUT2D eigenvalue weighted by Gasteiger charge is -2.31. The first-order valence-electron chi connectivity index (χ1n) is 8.78. The third-order valence-corrected chi connectivity index (χ3v) is 5.15. The lowest BCUT2D eigenvalue weighted by Crippen LogP contribution is -2.47. The van der Waals surface area contributed by atoms with Crippen molar-refractivity contribution >= 4 is 17.5 Å². The van der Waals surface area contributed by atoms with E-state index in [-0.39, 0.29) is 18.1 Å². The van der Waals surface area contributed by atoms with Crippen molar-refractivity contribution in [3.8, 4) is 0 Å². The van der Waals surface area contributed by atoms with Crippen molar-refractivity contribution in [1.29, 1.82) is 0 Å². The summed E-state index contributed by atoms with van der Waals surface area (Å²) >= 11 is 5.98. The average Bonchev–Trinajstić information content (AvgIpc) is 3.23. The minimum atomic E-state index is -0.513. The number of likely N-dealkylation sites (N-methyl/N-ethyl adjacent to an activating group) is 1. The topological polar surface area (TPSA) is 76.3 Å². The maximum atomic E-state index is 13.0. The van der Waals surface area contributed by atoms with Gasteiger partial charge in [-0.1, -0.05) is 11.6 Å². The molecule has 0 aliphatic carbocycles. The molecule has 26 heavy (non-hydrogen) atoms. The molecule has 9 heteroatoms. The molecule has 0 spiro atoms. The predicted molar refractivity (Wildman–Crippen MR) is 96.0 cm³/mol. The number of likely N-dealkylation sites (tertiary alicyclic amines) is 1. The second-order valence-corrected chi connectivity index (χ2v) is 7.42. The normalized spacial score (nSPS) is 20.4. The van der Waals surface area contributed by atoms with Gasteiger partial charge in [0.25, 0.3) is 0 Å². The first-order chi connectivity index (χ1) is 12.5. The van der Waals surface area contributed by atoms with E-state index in [1.54, 1.807) is 23.0 Å². The minimum absolute atomic E-state index is 0.0152. The molecule has 1 amide bonds. The van der Waals surface area contributed by atoms with Gasteiger partial charge in [0.2, 0.25) is 5.91 Å². The van der Waals surface area contributed by atoms with Crippen LogP contribution in [0.15, 0.2) is 23.3 Å². The van der Waals surface area contributed by atoms with Crippen molar-refractivity contribution in [3.05, 3.63) is 45.4 Å². The number of aromatic nitrogens is 4. The summed E-state index contributed by atoms with van der Waals surface area (Å²) < 4.78 is 2.96. The van der Waals surface area contributed by atoms with Crippen LogP contribution < -0.4 is 5.69 Å². The van der Waals surface area contributed by atoms with Crippen LogP contribution in [0.5, 0.6) is 0 Å². The number of pyridine rings is 1. The zero-order valence-corrected chi connectivity index (χ0v) is 15.4. The van der Waals surface area contributed by atoms with Gasteiger partial charge in [0.15, 0.2) is 0 Å². The maximum Gasteiger partial charge on any atom is 0.347 e. The highest BCUT2D eigenvalue weighted by atomic mass is 35.5. The van der Waals surface area contributed by atoms with Gasteiger partial charge in [-0.15, -0.1) is 0 Å². The van der Waals surface area contributed by atoms with Gasteiger partial charge in [-0.25, -0.2) is 9.48 Å². The molecule has 0 bridgehead atoms. The van der Waals surface area contributed by atoms with Gasteiger partial charge in [-0.2, -0.15) is 5.10 Å². The number of fused-ring (bicyclic) bond motifs is 1. The quantitative estimate of drug-likeness (QED) is 0.790. The van der Waals surface area contributed by atoms with Gasteiger partial charge in [0, 0.05) is 32.0 Å². The fraction of sp³-hybridized carbons (Fsp3) is 0.529. The van der Waals surface area contributed by atoms with E-state index < -0.39 is 6.04 Å². The van der Waals surface area contributed by atoms with Gasteiger partial charge in [-0.3, -0.25) is 19.2 Å². The van der Waals surface area contributed by atoms with Crippen molar-refractivity contribution < 1.29 is 4.79 Å².